The number of benzene rings is 1. The second-order valence-corrected chi connectivity index (χ2v) is 5.56. The first kappa shape index (κ1) is 16.7. The van der Waals surface area contributed by atoms with Crippen molar-refractivity contribution in [3.63, 3.8) is 0 Å². The smallest absolute Gasteiger partial charge is 0.259 e. The minimum Gasteiger partial charge on any atom is -0.469 e. The molecule has 3 aromatic rings. The second kappa shape index (κ2) is 6.76. The number of carbonyl (C=O) groups excluding carboxylic acids is 1. The lowest BCUT2D eigenvalue weighted by molar-refractivity contribution is 0.102. The van der Waals surface area contributed by atoms with Crippen molar-refractivity contribution in [2.24, 2.45) is 0 Å². The fourth-order valence-corrected chi connectivity index (χ4v) is 2.32. The number of aromatic nitrogens is 2. The van der Waals surface area contributed by atoms with Crippen molar-refractivity contribution in [1.29, 1.82) is 0 Å². The van der Waals surface area contributed by atoms with Crippen LogP contribution >= 0.6 is 0 Å². The van der Waals surface area contributed by atoms with E-state index in [2.05, 4.69) is 20.8 Å². The standard InChI is InChI=1S/C17H17FN4O3/c1-9(17-22-21-11(3)25-17)19-12-4-5-14(18)15(8-12)20-16(23)13-6-7-24-10(13)2/h4-9,19H,1-3H3,(H,20,23). The van der Waals surface area contributed by atoms with E-state index < -0.39 is 11.7 Å². The summed E-state index contributed by atoms with van der Waals surface area (Å²) in [4.78, 5) is 12.2. The molecule has 1 unspecified atom stereocenters. The summed E-state index contributed by atoms with van der Waals surface area (Å²) in [7, 11) is 0. The fraction of sp³-hybridized carbons (Fsp3) is 0.235. The van der Waals surface area contributed by atoms with Crippen molar-refractivity contribution in [1.82, 2.24) is 10.2 Å². The van der Waals surface area contributed by atoms with Gasteiger partial charge in [-0.15, -0.1) is 10.2 Å². The summed E-state index contributed by atoms with van der Waals surface area (Å²) >= 11 is 0. The van der Waals surface area contributed by atoms with Gasteiger partial charge in [-0.3, -0.25) is 4.79 Å². The van der Waals surface area contributed by atoms with E-state index in [0.717, 1.165) is 0 Å². The summed E-state index contributed by atoms with van der Waals surface area (Å²) in [6.45, 7) is 5.20. The van der Waals surface area contributed by atoms with Crippen molar-refractivity contribution in [2.45, 2.75) is 26.8 Å². The highest BCUT2D eigenvalue weighted by Gasteiger charge is 2.16. The van der Waals surface area contributed by atoms with Gasteiger partial charge in [-0.2, -0.15) is 0 Å². The molecule has 0 saturated carbocycles. The Morgan fingerprint density at radius 2 is 2.04 bits per heavy atom. The minimum absolute atomic E-state index is 0.0597. The predicted octanol–water partition coefficient (Wildman–Crippen LogP) is 3.84. The number of rotatable bonds is 5. The molecule has 130 valence electrons. The maximum Gasteiger partial charge on any atom is 0.259 e. The van der Waals surface area contributed by atoms with Crippen LogP contribution in [0, 0.1) is 19.7 Å². The van der Waals surface area contributed by atoms with E-state index in [1.165, 1.54) is 24.5 Å². The fourth-order valence-electron chi connectivity index (χ4n) is 2.32. The molecule has 2 aromatic heterocycles. The monoisotopic (exact) mass is 344 g/mol. The number of nitrogens with zero attached hydrogens (tertiary/aromatic N) is 2. The van der Waals surface area contributed by atoms with Crippen LogP contribution in [0.15, 0.2) is 39.4 Å². The van der Waals surface area contributed by atoms with Gasteiger partial charge in [-0.25, -0.2) is 4.39 Å². The number of anilines is 2. The van der Waals surface area contributed by atoms with E-state index in [1.54, 1.807) is 19.9 Å². The number of amides is 1. The van der Waals surface area contributed by atoms with Crippen LogP contribution in [0.4, 0.5) is 15.8 Å². The lowest BCUT2D eigenvalue weighted by Gasteiger charge is -2.13. The largest absolute Gasteiger partial charge is 0.469 e. The van der Waals surface area contributed by atoms with Crippen LogP contribution < -0.4 is 10.6 Å². The summed E-state index contributed by atoms with van der Waals surface area (Å²) in [5.41, 5.74) is 1.01. The molecule has 2 heterocycles. The topological polar surface area (TPSA) is 93.2 Å². The quantitative estimate of drug-likeness (QED) is 0.730. The first-order valence-corrected chi connectivity index (χ1v) is 7.65. The summed E-state index contributed by atoms with van der Waals surface area (Å²) in [5.74, 6) is 0.365. The molecule has 0 saturated heterocycles. The summed E-state index contributed by atoms with van der Waals surface area (Å²) in [6, 6.07) is 5.60. The number of hydrogen-bond acceptors (Lipinski definition) is 6. The molecule has 8 heteroatoms. The average molecular weight is 344 g/mol. The van der Waals surface area contributed by atoms with Gasteiger partial charge in [0.05, 0.1) is 17.5 Å². The molecule has 1 aromatic carbocycles. The molecule has 0 spiro atoms. The molecule has 7 nitrogen and oxygen atoms in total. The molecule has 0 bridgehead atoms. The Balaban J connectivity index is 1.76. The second-order valence-electron chi connectivity index (χ2n) is 5.56. The van der Waals surface area contributed by atoms with Gasteiger partial charge in [0, 0.05) is 12.6 Å². The Kier molecular flexibility index (Phi) is 4.51. The Bertz CT molecular complexity index is 903. The Labute approximate surface area is 143 Å². The van der Waals surface area contributed by atoms with E-state index in [-0.39, 0.29) is 11.7 Å². The third-order valence-corrected chi connectivity index (χ3v) is 3.61. The maximum absolute atomic E-state index is 14.0. The zero-order chi connectivity index (χ0) is 18.0. The molecule has 2 N–H and O–H groups in total. The van der Waals surface area contributed by atoms with E-state index in [0.29, 0.717) is 28.8 Å². The Hall–Kier alpha value is -3.16. The molecule has 25 heavy (non-hydrogen) atoms. The van der Waals surface area contributed by atoms with Crippen LogP contribution in [0.25, 0.3) is 0 Å². The van der Waals surface area contributed by atoms with Gasteiger partial charge in [-0.1, -0.05) is 0 Å². The number of carbonyl (C=O) groups is 1. The number of halogens is 1. The van der Waals surface area contributed by atoms with Gasteiger partial charge in [0.15, 0.2) is 0 Å². The highest BCUT2D eigenvalue weighted by molar-refractivity contribution is 6.05. The zero-order valence-electron chi connectivity index (χ0n) is 14.0. The van der Waals surface area contributed by atoms with Gasteiger partial charge >= 0.3 is 0 Å². The Morgan fingerprint density at radius 3 is 2.68 bits per heavy atom. The van der Waals surface area contributed by atoms with Crippen LogP contribution in [0.3, 0.4) is 0 Å². The molecule has 1 atom stereocenters. The van der Waals surface area contributed by atoms with Gasteiger partial charge in [0.2, 0.25) is 11.8 Å². The third kappa shape index (κ3) is 3.68. The number of furan rings is 1. The molecule has 3 rings (SSSR count). The SMILES string of the molecule is Cc1nnc(C(C)Nc2ccc(F)c(NC(=O)c3ccoc3C)c2)o1. The molecule has 0 aliphatic rings. The van der Waals surface area contributed by atoms with Crippen molar-refractivity contribution in [3.8, 4) is 0 Å². The van der Waals surface area contributed by atoms with E-state index in [9.17, 15) is 9.18 Å². The van der Waals surface area contributed by atoms with Gasteiger partial charge in [0.25, 0.3) is 5.91 Å². The van der Waals surface area contributed by atoms with Gasteiger partial charge < -0.3 is 19.5 Å². The normalized spacial score (nSPS) is 12.0. The predicted molar refractivity (Wildman–Crippen MR) is 88.9 cm³/mol. The highest BCUT2D eigenvalue weighted by Crippen LogP contribution is 2.24. The molecule has 1 amide bonds. The molecular formula is C17H17FN4O3. The molecule has 0 fully saturated rings. The summed E-state index contributed by atoms with van der Waals surface area (Å²) < 4.78 is 24.5. The van der Waals surface area contributed by atoms with Crippen molar-refractivity contribution >= 4 is 17.3 Å². The summed E-state index contributed by atoms with van der Waals surface area (Å²) in [6.07, 6.45) is 1.41. The third-order valence-electron chi connectivity index (χ3n) is 3.61. The van der Waals surface area contributed by atoms with Crippen molar-refractivity contribution in [2.75, 3.05) is 10.6 Å². The molecule has 0 aliphatic carbocycles. The number of nitrogens with one attached hydrogen (secondary N) is 2. The van der Waals surface area contributed by atoms with Crippen molar-refractivity contribution < 1.29 is 18.0 Å². The zero-order valence-corrected chi connectivity index (χ0v) is 14.0. The first-order chi connectivity index (χ1) is 11.9. The number of hydrogen-bond donors (Lipinski definition) is 2. The van der Waals surface area contributed by atoms with E-state index in [1.807, 2.05) is 6.92 Å². The van der Waals surface area contributed by atoms with Crippen LogP contribution in [0.2, 0.25) is 0 Å². The van der Waals surface area contributed by atoms with E-state index >= 15 is 0 Å². The molecular weight excluding hydrogens is 327 g/mol. The highest BCUT2D eigenvalue weighted by atomic mass is 19.1. The average Bonchev–Trinajstić information content (AvgIpc) is 3.19. The first-order valence-electron chi connectivity index (χ1n) is 7.65. The lowest BCUT2D eigenvalue weighted by Crippen LogP contribution is -2.14. The van der Waals surface area contributed by atoms with Gasteiger partial charge in [0.1, 0.15) is 17.6 Å². The molecule has 0 aliphatic heterocycles. The molecule has 0 radical (unpaired) electrons. The van der Waals surface area contributed by atoms with Gasteiger partial charge in [-0.05, 0) is 38.1 Å². The number of aryl methyl sites for hydroxylation is 2. The maximum atomic E-state index is 14.0. The minimum atomic E-state index is -0.540. The van der Waals surface area contributed by atoms with Crippen LogP contribution in [-0.2, 0) is 0 Å². The van der Waals surface area contributed by atoms with Crippen molar-refractivity contribution in [3.05, 3.63) is 59.5 Å². The van der Waals surface area contributed by atoms with Crippen LogP contribution in [-0.4, -0.2) is 16.1 Å². The summed E-state index contributed by atoms with van der Waals surface area (Å²) in [5, 5.41) is 13.4. The van der Waals surface area contributed by atoms with Crippen LogP contribution in [0.5, 0.6) is 0 Å². The lowest BCUT2D eigenvalue weighted by atomic mass is 10.2. The Morgan fingerprint density at radius 1 is 1.24 bits per heavy atom. The van der Waals surface area contributed by atoms with E-state index in [4.69, 9.17) is 8.83 Å². The van der Waals surface area contributed by atoms with Crippen LogP contribution in [0.1, 0.15) is 40.9 Å².